The highest BCUT2D eigenvalue weighted by atomic mass is 16.5. The lowest BCUT2D eigenvalue weighted by Gasteiger charge is -2.23. The van der Waals surface area contributed by atoms with Crippen LogP contribution in [-0.2, 0) is 4.74 Å². The van der Waals surface area contributed by atoms with Crippen molar-refractivity contribution in [2.24, 2.45) is 0 Å². The zero-order chi connectivity index (χ0) is 24.9. The Bertz CT molecular complexity index is 1370. The van der Waals surface area contributed by atoms with Gasteiger partial charge >= 0.3 is 5.97 Å². The molecule has 1 amide bonds. The average Bonchev–Trinajstić information content (AvgIpc) is 3.19. The van der Waals surface area contributed by atoms with Gasteiger partial charge in [0.05, 0.1) is 28.9 Å². The molecule has 0 saturated carbocycles. The van der Waals surface area contributed by atoms with Crippen LogP contribution in [0.3, 0.4) is 0 Å². The van der Waals surface area contributed by atoms with Gasteiger partial charge in [-0.2, -0.15) is 0 Å². The maximum atomic E-state index is 13.8. The maximum absolute atomic E-state index is 13.8. The van der Waals surface area contributed by atoms with Gasteiger partial charge in [0, 0.05) is 43.3 Å². The highest BCUT2D eigenvalue weighted by Gasteiger charge is 2.23. The van der Waals surface area contributed by atoms with E-state index in [1.54, 1.807) is 19.2 Å². The summed E-state index contributed by atoms with van der Waals surface area (Å²) < 4.78 is 5.04. The van der Waals surface area contributed by atoms with Crippen LogP contribution in [0.25, 0.3) is 22.2 Å². The van der Waals surface area contributed by atoms with E-state index >= 15 is 0 Å². The molecule has 0 bridgehead atoms. The molecule has 7 heteroatoms. The fraction of sp³-hybridized carbons (Fsp3) is 0.241. The molecule has 2 aromatic carbocycles. The summed E-state index contributed by atoms with van der Waals surface area (Å²) in [5.41, 5.74) is 3.69. The Kier molecular flexibility index (Phi) is 6.89. The minimum absolute atomic E-state index is 0.0123. The summed E-state index contributed by atoms with van der Waals surface area (Å²) in [6.07, 6.45) is 2.37. The predicted molar refractivity (Wildman–Crippen MR) is 140 cm³/mol. The second-order valence-corrected chi connectivity index (χ2v) is 8.70. The lowest BCUT2D eigenvalue weighted by Crippen LogP contribution is -2.35. The number of hydrogen-bond acceptors (Lipinski definition) is 6. The number of esters is 1. The Balaban J connectivity index is 1.37. The van der Waals surface area contributed by atoms with Crippen molar-refractivity contribution in [2.45, 2.75) is 13.3 Å². The molecule has 1 saturated heterocycles. The Labute approximate surface area is 210 Å². The molecule has 3 heterocycles. The van der Waals surface area contributed by atoms with Gasteiger partial charge in [-0.1, -0.05) is 48.5 Å². The van der Waals surface area contributed by atoms with Crippen LogP contribution in [0.15, 0.2) is 79.0 Å². The molecule has 36 heavy (non-hydrogen) atoms. The summed E-state index contributed by atoms with van der Waals surface area (Å²) in [6, 6.07) is 23.2. The second-order valence-electron chi connectivity index (χ2n) is 8.70. The number of aromatic nitrogens is 2. The first-order chi connectivity index (χ1) is 17.6. The number of anilines is 1. The van der Waals surface area contributed by atoms with Crippen LogP contribution in [0.2, 0.25) is 0 Å². The minimum atomic E-state index is -0.372. The predicted octanol–water partition coefficient (Wildman–Crippen LogP) is 4.83. The van der Waals surface area contributed by atoms with Gasteiger partial charge in [0.15, 0.2) is 0 Å². The quantitative estimate of drug-likeness (QED) is 0.381. The van der Waals surface area contributed by atoms with Crippen molar-refractivity contribution in [3.05, 3.63) is 90.1 Å². The fourth-order valence-corrected chi connectivity index (χ4v) is 4.54. The average molecular weight is 481 g/mol. The number of para-hydroxylation sites is 1. The number of rotatable bonds is 5. The number of benzene rings is 2. The van der Waals surface area contributed by atoms with Crippen molar-refractivity contribution in [1.82, 2.24) is 14.9 Å². The van der Waals surface area contributed by atoms with E-state index in [-0.39, 0.29) is 11.9 Å². The van der Waals surface area contributed by atoms with Gasteiger partial charge < -0.3 is 14.5 Å². The Hall–Kier alpha value is -4.26. The summed E-state index contributed by atoms with van der Waals surface area (Å²) in [7, 11) is 0. The van der Waals surface area contributed by atoms with Gasteiger partial charge in [-0.3, -0.25) is 4.79 Å². The number of nitrogens with zero attached hydrogens (tertiary/aromatic N) is 4. The summed E-state index contributed by atoms with van der Waals surface area (Å²) in [5, 5.41) is 0.861. The zero-order valence-corrected chi connectivity index (χ0v) is 20.3. The molecule has 0 unspecified atom stereocenters. The number of carbonyl (C=O) groups is 2. The third kappa shape index (κ3) is 4.91. The van der Waals surface area contributed by atoms with Gasteiger partial charge in [-0.15, -0.1) is 0 Å². The molecule has 0 N–H and O–H groups in total. The molecule has 1 aliphatic heterocycles. The number of ether oxygens (including phenoxy) is 1. The highest BCUT2D eigenvalue weighted by molar-refractivity contribution is 6.07. The molecule has 0 spiro atoms. The highest BCUT2D eigenvalue weighted by Crippen LogP contribution is 2.26. The van der Waals surface area contributed by atoms with E-state index < -0.39 is 0 Å². The van der Waals surface area contributed by atoms with Gasteiger partial charge in [-0.25, -0.2) is 14.8 Å². The molecule has 1 aliphatic rings. The largest absolute Gasteiger partial charge is 0.462 e. The van der Waals surface area contributed by atoms with E-state index in [0.29, 0.717) is 37.4 Å². The zero-order valence-electron chi connectivity index (χ0n) is 20.3. The SMILES string of the molecule is CCOC(=O)c1ccc(N2CCCN(C(=O)c3cc(-c4ccccc4)nc4ccccc34)CC2)nc1. The minimum Gasteiger partial charge on any atom is -0.462 e. The number of pyridine rings is 2. The van der Waals surface area contributed by atoms with Crippen LogP contribution in [0.5, 0.6) is 0 Å². The normalized spacial score (nSPS) is 13.9. The van der Waals surface area contributed by atoms with Crippen molar-refractivity contribution >= 4 is 28.6 Å². The molecule has 0 aliphatic carbocycles. The molecular formula is C29H28N4O3. The van der Waals surface area contributed by atoms with E-state index in [2.05, 4.69) is 9.88 Å². The van der Waals surface area contributed by atoms with Crippen molar-refractivity contribution in [2.75, 3.05) is 37.7 Å². The van der Waals surface area contributed by atoms with Crippen molar-refractivity contribution < 1.29 is 14.3 Å². The first-order valence-corrected chi connectivity index (χ1v) is 12.3. The second kappa shape index (κ2) is 10.6. The molecular weight excluding hydrogens is 452 g/mol. The fourth-order valence-electron chi connectivity index (χ4n) is 4.54. The van der Waals surface area contributed by atoms with E-state index in [9.17, 15) is 9.59 Å². The number of amides is 1. The van der Waals surface area contributed by atoms with E-state index in [4.69, 9.17) is 9.72 Å². The summed E-state index contributed by atoms with van der Waals surface area (Å²) >= 11 is 0. The van der Waals surface area contributed by atoms with Crippen LogP contribution >= 0.6 is 0 Å². The monoisotopic (exact) mass is 480 g/mol. The molecule has 1 fully saturated rings. The van der Waals surface area contributed by atoms with Gasteiger partial charge in [-0.05, 0) is 37.6 Å². The third-order valence-corrected chi connectivity index (χ3v) is 6.38. The van der Waals surface area contributed by atoms with E-state index in [1.165, 1.54) is 0 Å². The Morgan fingerprint density at radius 3 is 2.50 bits per heavy atom. The molecule has 7 nitrogen and oxygen atoms in total. The summed E-state index contributed by atoms with van der Waals surface area (Å²) in [6.45, 7) is 4.79. The van der Waals surface area contributed by atoms with Crippen LogP contribution in [0.4, 0.5) is 5.82 Å². The number of hydrogen-bond donors (Lipinski definition) is 0. The van der Waals surface area contributed by atoms with Crippen LogP contribution in [0.1, 0.15) is 34.1 Å². The molecule has 4 aromatic rings. The van der Waals surface area contributed by atoms with Gasteiger partial charge in [0.1, 0.15) is 5.82 Å². The van der Waals surface area contributed by atoms with Crippen LogP contribution in [0, 0.1) is 0 Å². The van der Waals surface area contributed by atoms with Crippen LogP contribution < -0.4 is 4.90 Å². The lowest BCUT2D eigenvalue weighted by molar-refractivity contribution is 0.0525. The van der Waals surface area contributed by atoms with Crippen LogP contribution in [-0.4, -0.2) is 59.5 Å². The molecule has 0 radical (unpaired) electrons. The molecule has 182 valence electrons. The maximum Gasteiger partial charge on any atom is 0.339 e. The molecule has 0 atom stereocenters. The molecule has 5 rings (SSSR count). The number of carbonyl (C=O) groups excluding carboxylic acids is 2. The lowest BCUT2D eigenvalue weighted by atomic mass is 10.0. The topological polar surface area (TPSA) is 75.6 Å². The van der Waals surface area contributed by atoms with Crippen molar-refractivity contribution in [3.63, 3.8) is 0 Å². The van der Waals surface area contributed by atoms with Crippen molar-refractivity contribution in [3.8, 4) is 11.3 Å². The van der Waals surface area contributed by atoms with E-state index in [0.717, 1.165) is 40.9 Å². The number of fused-ring (bicyclic) bond motifs is 1. The smallest absolute Gasteiger partial charge is 0.339 e. The summed E-state index contributed by atoms with van der Waals surface area (Å²) in [4.78, 5) is 39.1. The van der Waals surface area contributed by atoms with Crippen molar-refractivity contribution in [1.29, 1.82) is 0 Å². The summed E-state index contributed by atoms with van der Waals surface area (Å²) in [5.74, 6) is 0.431. The van der Waals surface area contributed by atoms with Gasteiger partial charge in [0.2, 0.25) is 0 Å². The first-order valence-electron chi connectivity index (χ1n) is 12.3. The third-order valence-electron chi connectivity index (χ3n) is 6.38. The Morgan fingerprint density at radius 2 is 1.72 bits per heavy atom. The first kappa shape index (κ1) is 23.5. The molecule has 2 aromatic heterocycles. The van der Waals surface area contributed by atoms with E-state index in [1.807, 2.05) is 71.6 Å². The standard InChI is InChI=1S/C29H28N4O3/c1-2-36-29(35)22-13-14-27(30-20-22)32-15-8-16-33(18-17-32)28(34)24-19-26(21-9-4-3-5-10-21)31-25-12-7-6-11-23(24)25/h3-7,9-14,19-20H,2,8,15-18H2,1H3. The Morgan fingerprint density at radius 1 is 0.917 bits per heavy atom. The van der Waals surface area contributed by atoms with Gasteiger partial charge in [0.25, 0.3) is 5.91 Å².